The Morgan fingerprint density at radius 1 is 1.00 bits per heavy atom. The van der Waals surface area contributed by atoms with Crippen LogP contribution in [0.4, 0.5) is 15.8 Å². The van der Waals surface area contributed by atoms with Crippen LogP contribution in [0.25, 0.3) is 0 Å². The number of hydrogen-bond donors (Lipinski definition) is 2. The molecule has 0 amide bonds. The molecular formula is C12H8Cl3FN2O2S. The second-order valence-corrected chi connectivity index (χ2v) is 6.95. The summed E-state index contributed by atoms with van der Waals surface area (Å²) in [6.07, 6.45) is 0. The van der Waals surface area contributed by atoms with Gasteiger partial charge in [0.15, 0.2) is 5.82 Å². The van der Waals surface area contributed by atoms with Crippen molar-refractivity contribution in [1.29, 1.82) is 0 Å². The fourth-order valence-electron chi connectivity index (χ4n) is 1.50. The number of nitrogen functional groups attached to an aromatic ring is 1. The lowest BCUT2D eigenvalue weighted by Crippen LogP contribution is -2.13. The molecule has 0 aromatic heterocycles. The standard InChI is InChI=1S/C12H8Cl3FN2O2S/c13-8-5-7(1-2-11(8)17)21(19,20)18-6-3-9(14)12(16)10(15)4-6/h1-5,18H,17H2. The molecule has 112 valence electrons. The molecule has 21 heavy (non-hydrogen) atoms. The van der Waals surface area contributed by atoms with Gasteiger partial charge in [-0.05, 0) is 30.3 Å². The van der Waals surface area contributed by atoms with Crippen molar-refractivity contribution in [2.75, 3.05) is 10.5 Å². The first-order valence-electron chi connectivity index (χ1n) is 5.43. The molecule has 0 atom stereocenters. The number of halogens is 4. The van der Waals surface area contributed by atoms with Gasteiger partial charge in [-0.2, -0.15) is 0 Å². The highest BCUT2D eigenvalue weighted by Crippen LogP contribution is 2.29. The summed E-state index contributed by atoms with van der Waals surface area (Å²) in [6, 6.07) is 6.07. The summed E-state index contributed by atoms with van der Waals surface area (Å²) in [6.45, 7) is 0. The van der Waals surface area contributed by atoms with E-state index in [0.717, 1.165) is 12.1 Å². The summed E-state index contributed by atoms with van der Waals surface area (Å²) in [5.41, 5.74) is 5.80. The summed E-state index contributed by atoms with van der Waals surface area (Å²) in [7, 11) is -3.93. The maximum atomic E-state index is 13.3. The van der Waals surface area contributed by atoms with Gasteiger partial charge in [0.05, 0.1) is 31.3 Å². The molecule has 0 spiro atoms. The van der Waals surface area contributed by atoms with E-state index in [1.54, 1.807) is 0 Å². The van der Waals surface area contributed by atoms with Crippen LogP contribution in [-0.2, 0) is 10.0 Å². The molecule has 2 aromatic carbocycles. The average Bonchev–Trinajstić information content (AvgIpc) is 2.38. The van der Waals surface area contributed by atoms with Gasteiger partial charge in [0.2, 0.25) is 0 Å². The number of benzene rings is 2. The topological polar surface area (TPSA) is 72.2 Å². The number of anilines is 2. The van der Waals surface area contributed by atoms with Gasteiger partial charge in [-0.15, -0.1) is 0 Å². The van der Waals surface area contributed by atoms with Crippen molar-refractivity contribution in [3.05, 3.63) is 51.2 Å². The van der Waals surface area contributed by atoms with Crippen molar-refractivity contribution in [3.63, 3.8) is 0 Å². The fraction of sp³-hybridized carbons (Fsp3) is 0. The van der Waals surface area contributed by atoms with Crippen LogP contribution in [0, 0.1) is 5.82 Å². The van der Waals surface area contributed by atoms with Crippen LogP contribution in [0.5, 0.6) is 0 Å². The lowest BCUT2D eigenvalue weighted by Gasteiger charge is -2.10. The molecule has 0 aliphatic rings. The molecule has 0 radical (unpaired) electrons. The monoisotopic (exact) mass is 368 g/mol. The van der Waals surface area contributed by atoms with Gasteiger partial charge in [-0.1, -0.05) is 34.8 Å². The zero-order valence-electron chi connectivity index (χ0n) is 10.2. The third-order valence-corrected chi connectivity index (χ3v) is 4.77. The van der Waals surface area contributed by atoms with Crippen LogP contribution in [0.2, 0.25) is 15.1 Å². The van der Waals surface area contributed by atoms with Gasteiger partial charge in [0, 0.05) is 0 Å². The van der Waals surface area contributed by atoms with E-state index in [4.69, 9.17) is 40.5 Å². The van der Waals surface area contributed by atoms with Crippen LogP contribution in [-0.4, -0.2) is 8.42 Å². The van der Waals surface area contributed by atoms with Crippen molar-refractivity contribution in [1.82, 2.24) is 0 Å². The molecule has 0 bridgehead atoms. The third-order valence-electron chi connectivity index (χ3n) is 2.52. The lowest BCUT2D eigenvalue weighted by molar-refractivity contribution is 0.601. The summed E-state index contributed by atoms with van der Waals surface area (Å²) in [4.78, 5) is -0.0988. The van der Waals surface area contributed by atoms with E-state index in [9.17, 15) is 12.8 Å². The Balaban J connectivity index is 2.39. The Hall–Kier alpha value is -1.21. The van der Waals surface area contributed by atoms with Gasteiger partial charge < -0.3 is 5.73 Å². The molecule has 4 nitrogen and oxygen atoms in total. The Labute approximate surface area is 135 Å². The minimum atomic E-state index is -3.93. The number of rotatable bonds is 3. The Kier molecular flexibility index (Phi) is 4.53. The Bertz CT molecular complexity index is 789. The Morgan fingerprint density at radius 2 is 1.57 bits per heavy atom. The van der Waals surface area contributed by atoms with Crippen LogP contribution in [0.15, 0.2) is 35.2 Å². The molecule has 9 heteroatoms. The first-order valence-corrected chi connectivity index (χ1v) is 8.05. The predicted molar refractivity (Wildman–Crippen MR) is 83.1 cm³/mol. The minimum Gasteiger partial charge on any atom is -0.398 e. The molecule has 0 heterocycles. The van der Waals surface area contributed by atoms with Crippen molar-refractivity contribution in [3.8, 4) is 0 Å². The summed E-state index contributed by atoms with van der Waals surface area (Å²) in [5, 5.41) is -0.487. The largest absolute Gasteiger partial charge is 0.398 e. The van der Waals surface area contributed by atoms with Gasteiger partial charge in [-0.25, -0.2) is 12.8 Å². The zero-order valence-corrected chi connectivity index (χ0v) is 13.3. The van der Waals surface area contributed by atoms with Crippen molar-refractivity contribution < 1.29 is 12.8 Å². The van der Waals surface area contributed by atoms with Gasteiger partial charge in [0.25, 0.3) is 10.0 Å². The maximum absolute atomic E-state index is 13.3. The highest BCUT2D eigenvalue weighted by Gasteiger charge is 2.17. The molecule has 0 aliphatic carbocycles. The van der Waals surface area contributed by atoms with Gasteiger partial charge >= 0.3 is 0 Å². The van der Waals surface area contributed by atoms with E-state index >= 15 is 0 Å². The quantitative estimate of drug-likeness (QED) is 0.630. The molecule has 0 fully saturated rings. The molecule has 0 unspecified atom stereocenters. The summed E-state index contributed by atoms with van der Waals surface area (Å²) in [5.74, 6) is -0.822. The van der Waals surface area contributed by atoms with Gasteiger partial charge in [-0.3, -0.25) is 4.72 Å². The number of nitrogens with one attached hydrogen (secondary N) is 1. The molecule has 3 N–H and O–H groups in total. The van der Waals surface area contributed by atoms with E-state index in [1.165, 1.54) is 18.2 Å². The summed E-state index contributed by atoms with van der Waals surface area (Å²) < 4.78 is 39.9. The fourth-order valence-corrected chi connectivity index (χ4v) is 3.30. The maximum Gasteiger partial charge on any atom is 0.261 e. The van der Waals surface area contributed by atoms with Crippen molar-refractivity contribution in [2.24, 2.45) is 0 Å². The number of sulfonamides is 1. The summed E-state index contributed by atoms with van der Waals surface area (Å²) >= 11 is 17.0. The second kappa shape index (κ2) is 5.88. The molecule has 0 aliphatic heterocycles. The predicted octanol–water partition coefficient (Wildman–Crippen LogP) is 4.17. The SMILES string of the molecule is Nc1ccc(S(=O)(=O)Nc2cc(Cl)c(F)c(Cl)c2)cc1Cl. The Morgan fingerprint density at radius 3 is 2.10 bits per heavy atom. The van der Waals surface area contributed by atoms with E-state index in [-0.39, 0.29) is 31.3 Å². The first-order chi connectivity index (χ1) is 9.70. The normalized spacial score (nSPS) is 11.4. The van der Waals surface area contributed by atoms with E-state index in [0.29, 0.717) is 0 Å². The number of nitrogens with two attached hydrogens (primary N) is 1. The second-order valence-electron chi connectivity index (χ2n) is 4.04. The van der Waals surface area contributed by atoms with Gasteiger partial charge in [0.1, 0.15) is 0 Å². The van der Waals surface area contributed by atoms with Crippen molar-refractivity contribution >= 4 is 56.2 Å². The minimum absolute atomic E-state index is 0.0272. The van der Waals surface area contributed by atoms with Crippen molar-refractivity contribution in [2.45, 2.75) is 4.90 Å². The molecular weight excluding hydrogens is 362 g/mol. The van der Waals surface area contributed by atoms with E-state index < -0.39 is 15.8 Å². The van der Waals surface area contributed by atoms with Crippen LogP contribution in [0.1, 0.15) is 0 Å². The van der Waals surface area contributed by atoms with E-state index in [1.807, 2.05) is 0 Å². The van der Waals surface area contributed by atoms with Crippen LogP contribution >= 0.6 is 34.8 Å². The molecule has 0 saturated heterocycles. The third kappa shape index (κ3) is 3.52. The zero-order chi connectivity index (χ0) is 15.8. The lowest BCUT2D eigenvalue weighted by atomic mass is 10.3. The first kappa shape index (κ1) is 16.2. The molecule has 0 saturated carbocycles. The average molecular weight is 370 g/mol. The smallest absolute Gasteiger partial charge is 0.261 e. The van der Waals surface area contributed by atoms with Crippen LogP contribution < -0.4 is 10.5 Å². The molecule has 2 aromatic rings. The molecule has 2 rings (SSSR count). The van der Waals surface area contributed by atoms with Crippen LogP contribution in [0.3, 0.4) is 0 Å². The van der Waals surface area contributed by atoms with E-state index in [2.05, 4.69) is 4.72 Å². The number of hydrogen-bond acceptors (Lipinski definition) is 3. The highest BCUT2D eigenvalue weighted by molar-refractivity contribution is 7.92. The highest BCUT2D eigenvalue weighted by atomic mass is 35.5.